The third kappa shape index (κ3) is 2.34. The molecular formula is C22H34O5. The molecule has 9 atom stereocenters. The Kier molecular flexibility index (Phi) is 4.42. The first-order valence-electron chi connectivity index (χ1n) is 10.7. The normalized spacial score (nSPS) is 54.8. The number of ketones is 2. The molecule has 27 heavy (non-hydrogen) atoms. The molecule has 0 aliphatic heterocycles. The maximum atomic E-state index is 12.4. The summed E-state index contributed by atoms with van der Waals surface area (Å²) in [4.78, 5) is 24.7. The molecule has 3 N–H and O–H groups in total. The molecule has 3 unspecified atom stereocenters. The van der Waals surface area contributed by atoms with Crippen LogP contribution in [-0.4, -0.2) is 45.2 Å². The Morgan fingerprint density at radius 3 is 2.52 bits per heavy atom. The van der Waals surface area contributed by atoms with E-state index >= 15 is 0 Å². The third-order valence-electron chi connectivity index (χ3n) is 9.65. The minimum atomic E-state index is -1.54. The molecule has 4 saturated carbocycles. The summed E-state index contributed by atoms with van der Waals surface area (Å²) in [6.07, 6.45) is 4.31. The zero-order valence-electron chi connectivity index (χ0n) is 16.8. The van der Waals surface area contributed by atoms with Gasteiger partial charge in [0.25, 0.3) is 0 Å². The highest BCUT2D eigenvalue weighted by Gasteiger charge is 2.69. The largest absolute Gasteiger partial charge is 0.393 e. The highest BCUT2D eigenvalue weighted by Crippen LogP contribution is 2.68. The summed E-state index contributed by atoms with van der Waals surface area (Å²) >= 11 is 0. The standard InChI is InChI=1S/C22H34O5/c1-12-14-5-4-13-15-6-9-22(27,18(26)11-23)21(15,3)10-17(25)19(13)20(14,2)8-7-16(12)24/h12-15,17,19,23,25,27H,4-11H2,1-3H3/t12?,13?,14?,15-,17-,19+,20-,21-,22-/m0/s1. The number of fused-ring (bicyclic) bond motifs is 5. The lowest BCUT2D eigenvalue weighted by Gasteiger charge is -2.63. The van der Waals surface area contributed by atoms with E-state index in [1.54, 1.807) is 0 Å². The van der Waals surface area contributed by atoms with E-state index in [0.717, 1.165) is 25.7 Å². The molecular weight excluding hydrogens is 344 g/mol. The van der Waals surface area contributed by atoms with Crippen molar-refractivity contribution < 1.29 is 24.9 Å². The van der Waals surface area contributed by atoms with Crippen molar-refractivity contribution in [1.29, 1.82) is 0 Å². The molecule has 0 radical (unpaired) electrons. The minimum absolute atomic E-state index is 0.0569. The average Bonchev–Trinajstić information content (AvgIpc) is 2.89. The van der Waals surface area contributed by atoms with Crippen molar-refractivity contribution in [1.82, 2.24) is 0 Å². The van der Waals surface area contributed by atoms with Gasteiger partial charge >= 0.3 is 0 Å². The smallest absolute Gasteiger partial charge is 0.190 e. The molecule has 0 amide bonds. The number of aliphatic hydroxyl groups excluding tert-OH is 2. The van der Waals surface area contributed by atoms with Gasteiger partial charge in [-0.05, 0) is 67.6 Å². The molecule has 5 heteroatoms. The van der Waals surface area contributed by atoms with Crippen LogP contribution in [0.4, 0.5) is 0 Å². The average molecular weight is 379 g/mol. The lowest BCUT2D eigenvalue weighted by atomic mass is 9.42. The summed E-state index contributed by atoms with van der Waals surface area (Å²) in [6.45, 7) is 5.61. The van der Waals surface area contributed by atoms with Crippen LogP contribution >= 0.6 is 0 Å². The van der Waals surface area contributed by atoms with Crippen molar-refractivity contribution in [2.75, 3.05) is 6.61 Å². The molecule has 0 aromatic carbocycles. The first-order chi connectivity index (χ1) is 12.6. The van der Waals surface area contributed by atoms with Crippen molar-refractivity contribution in [2.24, 2.45) is 40.4 Å². The van der Waals surface area contributed by atoms with Gasteiger partial charge in [0.15, 0.2) is 5.78 Å². The Bertz CT molecular complexity index is 661. The molecule has 0 spiro atoms. The fraction of sp³-hybridized carbons (Fsp3) is 0.909. The van der Waals surface area contributed by atoms with Crippen LogP contribution in [0, 0.1) is 40.4 Å². The van der Waals surface area contributed by atoms with Crippen molar-refractivity contribution in [3.63, 3.8) is 0 Å². The van der Waals surface area contributed by atoms with Gasteiger partial charge in [-0.3, -0.25) is 9.59 Å². The number of rotatable bonds is 2. The van der Waals surface area contributed by atoms with E-state index < -0.39 is 29.5 Å². The fourth-order valence-electron chi connectivity index (χ4n) is 8.24. The quantitative estimate of drug-likeness (QED) is 0.684. The lowest BCUT2D eigenvalue weighted by Crippen LogP contribution is -2.63. The molecule has 0 bridgehead atoms. The SMILES string of the molecule is CC1C(=O)CC[C@@]2(C)C1CCC1[C@@H]2[C@@H](O)C[C@@]2(C)[C@H]1CC[C@]2(O)C(=O)CO. The number of aliphatic hydroxyl groups is 3. The van der Waals surface area contributed by atoms with Crippen molar-refractivity contribution in [2.45, 2.75) is 77.4 Å². The van der Waals surface area contributed by atoms with E-state index in [0.29, 0.717) is 31.0 Å². The van der Waals surface area contributed by atoms with Gasteiger partial charge in [0.2, 0.25) is 0 Å². The van der Waals surface area contributed by atoms with Gasteiger partial charge in [-0.25, -0.2) is 0 Å². The van der Waals surface area contributed by atoms with Crippen molar-refractivity contribution >= 4 is 11.6 Å². The Labute approximate surface area is 161 Å². The van der Waals surface area contributed by atoms with E-state index in [2.05, 4.69) is 13.8 Å². The Morgan fingerprint density at radius 1 is 1.15 bits per heavy atom. The maximum absolute atomic E-state index is 12.4. The number of Topliss-reactive ketones (excluding diaryl/α,β-unsaturated/α-hetero) is 2. The van der Waals surface area contributed by atoms with E-state index in [1.807, 2.05) is 6.92 Å². The molecule has 0 aromatic rings. The van der Waals surface area contributed by atoms with E-state index in [4.69, 9.17) is 0 Å². The van der Waals surface area contributed by atoms with Crippen molar-refractivity contribution in [3.8, 4) is 0 Å². The van der Waals surface area contributed by atoms with Gasteiger partial charge in [0.05, 0.1) is 6.10 Å². The van der Waals surface area contributed by atoms with Gasteiger partial charge in [-0.1, -0.05) is 20.8 Å². The number of carbonyl (C=O) groups excluding carboxylic acids is 2. The van der Waals surface area contributed by atoms with Crippen LogP contribution in [0.1, 0.15) is 65.7 Å². The van der Waals surface area contributed by atoms with E-state index in [9.17, 15) is 24.9 Å². The molecule has 0 saturated heterocycles. The monoisotopic (exact) mass is 378 g/mol. The fourth-order valence-corrected chi connectivity index (χ4v) is 8.24. The zero-order valence-corrected chi connectivity index (χ0v) is 16.8. The molecule has 152 valence electrons. The minimum Gasteiger partial charge on any atom is -0.393 e. The molecule has 4 rings (SSSR count). The molecule has 5 nitrogen and oxygen atoms in total. The second-order valence-electron chi connectivity index (χ2n) is 10.4. The van der Waals surface area contributed by atoms with Gasteiger partial charge in [-0.15, -0.1) is 0 Å². The van der Waals surface area contributed by atoms with Gasteiger partial charge in [0.1, 0.15) is 18.0 Å². The topological polar surface area (TPSA) is 94.8 Å². The van der Waals surface area contributed by atoms with Crippen LogP contribution in [0.2, 0.25) is 0 Å². The van der Waals surface area contributed by atoms with Crippen LogP contribution in [0.3, 0.4) is 0 Å². The van der Waals surface area contributed by atoms with Crippen LogP contribution in [-0.2, 0) is 9.59 Å². The first kappa shape index (κ1) is 19.5. The zero-order chi connectivity index (χ0) is 19.8. The van der Waals surface area contributed by atoms with Gasteiger partial charge in [-0.2, -0.15) is 0 Å². The van der Waals surface area contributed by atoms with Gasteiger partial charge in [0, 0.05) is 17.8 Å². The molecule has 0 aromatic heterocycles. The van der Waals surface area contributed by atoms with Crippen LogP contribution in [0.5, 0.6) is 0 Å². The summed E-state index contributed by atoms with van der Waals surface area (Å²) in [5.41, 5.74) is -2.28. The van der Waals surface area contributed by atoms with Crippen molar-refractivity contribution in [3.05, 3.63) is 0 Å². The Morgan fingerprint density at radius 2 is 1.85 bits per heavy atom. The predicted molar refractivity (Wildman–Crippen MR) is 99.7 cm³/mol. The van der Waals surface area contributed by atoms with Crippen LogP contribution in [0.15, 0.2) is 0 Å². The third-order valence-corrected chi connectivity index (χ3v) is 9.65. The molecule has 4 aliphatic carbocycles. The molecule has 4 fully saturated rings. The summed E-state index contributed by atoms with van der Waals surface area (Å²) in [5.74, 6) is 0.791. The van der Waals surface area contributed by atoms with Gasteiger partial charge < -0.3 is 15.3 Å². The number of hydrogen-bond acceptors (Lipinski definition) is 5. The summed E-state index contributed by atoms with van der Waals surface area (Å²) in [7, 11) is 0. The number of hydrogen-bond donors (Lipinski definition) is 3. The summed E-state index contributed by atoms with van der Waals surface area (Å²) in [6, 6.07) is 0. The first-order valence-corrected chi connectivity index (χ1v) is 10.7. The van der Waals surface area contributed by atoms with E-state index in [-0.39, 0.29) is 29.1 Å². The Hall–Kier alpha value is -0.780. The highest BCUT2D eigenvalue weighted by molar-refractivity contribution is 5.89. The molecule has 4 aliphatic rings. The van der Waals surface area contributed by atoms with Crippen LogP contribution in [0.25, 0.3) is 0 Å². The second kappa shape index (κ2) is 6.11. The van der Waals surface area contributed by atoms with Crippen LogP contribution < -0.4 is 0 Å². The molecule has 0 heterocycles. The lowest BCUT2D eigenvalue weighted by molar-refractivity contribution is -0.203. The van der Waals surface area contributed by atoms with E-state index in [1.165, 1.54) is 0 Å². The summed E-state index contributed by atoms with van der Waals surface area (Å²) in [5, 5.41) is 31.9. The summed E-state index contributed by atoms with van der Waals surface area (Å²) < 4.78 is 0. The highest BCUT2D eigenvalue weighted by atomic mass is 16.3. The predicted octanol–water partition coefficient (Wildman–Crippen LogP) is 2.11. The maximum Gasteiger partial charge on any atom is 0.190 e. The second-order valence-corrected chi connectivity index (χ2v) is 10.4. The Balaban J connectivity index is 1.71. The number of carbonyl (C=O) groups is 2.